The van der Waals surface area contributed by atoms with Crippen molar-refractivity contribution in [2.75, 3.05) is 0 Å². The molecule has 0 aliphatic carbocycles. The molecule has 0 saturated heterocycles. The Morgan fingerprint density at radius 1 is 0.609 bits per heavy atom. The van der Waals surface area contributed by atoms with Crippen molar-refractivity contribution in [2.24, 2.45) is 0 Å². The molecule has 0 bridgehead atoms. The van der Waals surface area contributed by atoms with E-state index in [2.05, 4.69) is 26.0 Å². The van der Waals surface area contributed by atoms with Crippen molar-refractivity contribution < 1.29 is 4.21 Å². The molecule has 0 atom stereocenters. The van der Waals surface area contributed by atoms with E-state index in [1.165, 1.54) is 5.56 Å². The van der Waals surface area contributed by atoms with Gasteiger partial charge in [-0.25, -0.2) is 0 Å². The standard InChI is InChI=1S/C21H22OS/c1-17(2)18-13-15-21(16-14-18)23(22,19-9-5-3-6-10-19)20-11-7-4-8-12-20/h3-17,23H,1-2H3. The van der Waals surface area contributed by atoms with Gasteiger partial charge >= 0.3 is 0 Å². The van der Waals surface area contributed by atoms with E-state index in [1.807, 2.05) is 72.8 Å². The van der Waals surface area contributed by atoms with E-state index in [0.717, 1.165) is 14.7 Å². The van der Waals surface area contributed by atoms with Gasteiger partial charge in [0.2, 0.25) is 0 Å². The lowest BCUT2D eigenvalue weighted by molar-refractivity contribution is 0.669. The maximum atomic E-state index is 14.1. The Labute approximate surface area is 139 Å². The van der Waals surface area contributed by atoms with Gasteiger partial charge in [0.1, 0.15) is 0 Å². The van der Waals surface area contributed by atoms with Gasteiger partial charge in [-0.15, -0.1) is 0 Å². The average molecular weight is 322 g/mol. The van der Waals surface area contributed by atoms with E-state index in [4.69, 9.17) is 0 Å². The Morgan fingerprint density at radius 3 is 1.39 bits per heavy atom. The molecule has 118 valence electrons. The lowest BCUT2D eigenvalue weighted by atomic mass is 10.0. The molecule has 0 amide bonds. The van der Waals surface area contributed by atoms with Crippen LogP contribution in [-0.4, -0.2) is 4.21 Å². The van der Waals surface area contributed by atoms with Gasteiger partial charge in [-0.05, 0) is 57.8 Å². The van der Waals surface area contributed by atoms with Crippen LogP contribution in [0.15, 0.2) is 99.6 Å². The molecule has 0 N–H and O–H groups in total. The third-order valence-electron chi connectivity index (χ3n) is 4.16. The number of thiol groups is 1. The van der Waals surface area contributed by atoms with Crippen LogP contribution in [0.4, 0.5) is 0 Å². The van der Waals surface area contributed by atoms with Gasteiger partial charge in [0, 0.05) is 14.7 Å². The normalized spacial score (nSPS) is 12.3. The lowest BCUT2D eigenvalue weighted by Crippen LogP contribution is -2.13. The quantitative estimate of drug-likeness (QED) is 0.645. The fraction of sp³-hybridized carbons (Fsp3) is 0.143. The van der Waals surface area contributed by atoms with Crippen LogP contribution < -0.4 is 0 Å². The molecule has 0 heterocycles. The molecule has 0 aliphatic heterocycles. The van der Waals surface area contributed by atoms with Gasteiger partial charge in [0.05, 0.1) is 0 Å². The first-order valence-corrected chi connectivity index (χ1v) is 9.65. The number of benzene rings is 3. The topological polar surface area (TPSA) is 17.1 Å². The van der Waals surface area contributed by atoms with Gasteiger partial charge in [0.25, 0.3) is 0 Å². The zero-order valence-corrected chi connectivity index (χ0v) is 14.4. The Kier molecular flexibility index (Phi) is 4.44. The lowest BCUT2D eigenvalue weighted by Gasteiger charge is -2.26. The summed E-state index contributed by atoms with van der Waals surface area (Å²) in [5.74, 6) is 0.469. The van der Waals surface area contributed by atoms with Crippen molar-refractivity contribution in [1.29, 1.82) is 0 Å². The van der Waals surface area contributed by atoms with Crippen LogP contribution in [0.5, 0.6) is 0 Å². The second-order valence-electron chi connectivity index (χ2n) is 6.03. The molecule has 2 heteroatoms. The van der Waals surface area contributed by atoms with E-state index in [9.17, 15) is 4.21 Å². The van der Waals surface area contributed by atoms with Gasteiger partial charge < -0.3 is 0 Å². The minimum absolute atomic E-state index is 0.469. The predicted molar refractivity (Wildman–Crippen MR) is 97.8 cm³/mol. The monoisotopic (exact) mass is 322 g/mol. The number of hydrogen-bond donors (Lipinski definition) is 1. The third kappa shape index (κ3) is 2.99. The predicted octanol–water partition coefficient (Wildman–Crippen LogP) is 5.30. The summed E-state index contributed by atoms with van der Waals surface area (Å²) in [6.45, 7) is 4.34. The number of rotatable bonds is 4. The van der Waals surface area contributed by atoms with Crippen molar-refractivity contribution >= 4 is 9.93 Å². The molecule has 0 radical (unpaired) electrons. The Morgan fingerprint density at radius 2 is 1.00 bits per heavy atom. The zero-order chi connectivity index (χ0) is 16.3. The molecule has 3 aromatic carbocycles. The van der Waals surface area contributed by atoms with Crippen LogP contribution >= 0.6 is 0 Å². The highest BCUT2D eigenvalue weighted by Gasteiger charge is 2.23. The SMILES string of the molecule is CC(C)c1ccc([SH](=O)(c2ccccc2)c2ccccc2)cc1. The summed E-state index contributed by atoms with van der Waals surface area (Å²) in [5, 5.41) is 0. The number of hydrogen-bond acceptors (Lipinski definition) is 1. The molecule has 0 fully saturated rings. The molecule has 23 heavy (non-hydrogen) atoms. The second-order valence-corrected chi connectivity index (χ2v) is 8.79. The van der Waals surface area contributed by atoms with Crippen LogP contribution in [0.1, 0.15) is 25.3 Å². The molecule has 1 nitrogen and oxygen atoms in total. The fourth-order valence-electron chi connectivity index (χ4n) is 2.79. The van der Waals surface area contributed by atoms with E-state index in [0.29, 0.717) is 5.92 Å². The first kappa shape index (κ1) is 15.7. The summed E-state index contributed by atoms with van der Waals surface area (Å²) in [6, 6.07) is 27.8. The second kappa shape index (κ2) is 6.51. The molecular formula is C21H22OS. The minimum Gasteiger partial charge on any atom is -0.271 e. The van der Waals surface area contributed by atoms with Crippen molar-refractivity contribution in [3.05, 3.63) is 90.5 Å². The summed E-state index contributed by atoms with van der Waals surface area (Å²) in [6.07, 6.45) is 0. The van der Waals surface area contributed by atoms with E-state index in [1.54, 1.807) is 0 Å². The molecule has 0 spiro atoms. The summed E-state index contributed by atoms with van der Waals surface area (Å²) in [7, 11) is -2.83. The van der Waals surface area contributed by atoms with Crippen molar-refractivity contribution in [3.8, 4) is 0 Å². The minimum atomic E-state index is -2.83. The Balaban J connectivity index is 2.19. The highest BCUT2D eigenvalue weighted by atomic mass is 32.2. The van der Waals surface area contributed by atoms with Crippen LogP contribution in [-0.2, 0) is 9.93 Å². The molecule has 0 aromatic heterocycles. The third-order valence-corrected chi connectivity index (χ3v) is 7.24. The van der Waals surface area contributed by atoms with Gasteiger partial charge in [-0.3, -0.25) is 4.21 Å². The summed E-state index contributed by atoms with van der Waals surface area (Å²) >= 11 is 0. The first-order chi connectivity index (χ1) is 11.1. The van der Waals surface area contributed by atoms with Gasteiger partial charge in [-0.1, -0.05) is 62.4 Å². The molecule has 0 saturated carbocycles. The Hall–Kier alpha value is -2.19. The molecule has 3 rings (SSSR count). The van der Waals surface area contributed by atoms with Crippen molar-refractivity contribution in [3.63, 3.8) is 0 Å². The van der Waals surface area contributed by atoms with Crippen LogP contribution in [0, 0.1) is 0 Å². The highest BCUT2D eigenvalue weighted by molar-refractivity contribution is 8.03. The van der Waals surface area contributed by atoms with Gasteiger partial charge in [0.15, 0.2) is 0 Å². The van der Waals surface area contributed by atoms with E-state index >= 15 is 0 Å². The smallest absolute Gasteiger partial charge is 0.0230 e. The summed E-state index contributed by atoms with van der Waals surface area (Å²) in [5.41, 5.74) is 1.27. The van der Waals surface area contributed by atoms with Crippen LogP contribution in [0.25, 0.3) is 0 Å². The first-order valence-electron chi connectivity index (χ1n) is 7.94. The maximum Gasteiger partial charge on any atom is 0.0230 e. The zero-order valence-electron chi connectivity index (χ0n) is 13.5. The summed E-state index contributed by atoms with van der Waals surface area (Å²) in [4.78, 5) is 2.64. The van der Waals surface area contributed by atoms with Crippen LogP contribution in [0.3, 0.4) is 0 Å². The van der Waals surface area contributed by atoms with Gasteiger partial charge in [-0.2, -0.15) is 0 Å². The van der Waals surface area contributed by atoms with Crippen molar-refractivity contribution in [1.82, 2.24) is 0 Å². The molecule has 0 unspecified atom stereocenters. The average Bonchev–Trinajstić information content (AvgIpc) is 2.62. The van der Waals surface area contributed by atoms with Crippen LogP contribution in [0.2, 0.25) is 0 Å². The largest absolute Gasteiger partial charge is 0.271 e. The van der Waals surface area contributed by atoms with Crippen molar-refractivity contribution in [2.45, 2.75) is 34.5 Å². The highest BCUT2D eigenvalue weighted by Crippen LogP contribution is 2.36. The summed E-state index contributed by atoms with van der Waals surface area (Å²) < 4.78 is 14.1. The molecular weight excluding hydrogens is 300 g/mol. The van der Waals surface area contributed by atoms with E-state index in [-0.39, 0.29) is 0 Å². The fourth-order valence-corrected chi connectivity index (χ4v) is 5.44. The molecule has 3 aromatic rings. The molecule has 0 aliphatic rings. The van der Waals surface area contributed by atoms with E-state index < -0.39 is 9.93 Å². The Bertz CT molecular complexity index is 762. The maximum absolute atomic E-state index is 14.1.